The molecule has 1 atom stereocenters. The minimum Gasteiger partial charge on any atom is -0.356 e. The van der Waals surface area contributed by atoms with Crippen LogP contribution in [0, 0.1) is 5.92 Å². The monoisotopic (exact) mass is 448 g/mol. The summed E-state index contributed by atoms with van der Waals surface area (Å²) in [5, 5.41) is 3.00. The molecule has 1 unspecified atom stereocenters. The van der Waals surface area contributed by atoms with E-state index in [-0.39, 0.29) is 41.4 Å². The molecule has 0 aromatic heterocycles. The molecule has 9 heteroatoms. The molecule has 31 heavy (non-hydrogen) atoms. The Kier molecular flexibility index (Phi) is 8.06. The Morgan fingerprint density at radius 1 is 1.23 bits per heavy atom. The van der Waals surface area contributed by atoms with Crippen molar-refractivity contribution in [2.24, 2.45) is 10.9 Å². The number of piperidine rings is 1. The number of amidine groups is 1. The molecule has 1 aromatic rings. The quantitative estimate of drug-likeness (QED) is 0.564. The number of nitrogens with zero attached hydrogens (tertiary/aromatic N) is 2. The van der Waals surface area contributed by atoms with E-state index in [1.54, 1.807) is 23.1 Å². The Morgan fingerprint density at radius 3 is 2.84 bits per heavy atom. The molecule has 170 valence electrons. The van der Waals surface area contributed by atoms with Gasteiger partial charge in [0.2, 0.25) is 11.8 Å². The molecule has 8 nitrogen and oxygen atoms in total. The Labute approximate surface area is 184 Å². The predicted molar refractivity (Wildman–Crippen MR) is 119 cm³/mol. The lowest BCUT2D eigenvalue weighted by Gasteiger charge is -2.32. The number of amides is 2. The van der Waals surface area contributed by atoms with Crippen LogP contribution in [0.1, 0.15) is 57.4 Å². The molecule has 1 saturated heterocycles. The fourth-order valence-corrected chi connectivity index (χ4v) is 5.25. The Morgan fingerprint density at radius 2 is 2.03 bits per heavy atom. The summed E-state index contributed by atoms with van der Waals surface area (Å²) in [4.78, 5) is 31.3. The van der Waals surface area contributed by atoms with Gasteiger partial charge in [-0.1, -0.05) is 38.3 Å². The molecule has 1 fully saturated rings. The summed E-state index contributed by atoms with van der Waals surface area (Å²) in [5.41, 5.74) is 0.531. The highest BCUT2D eigenvalue weighted by Gasteiger charge is 2.31. The number of benzene rings is 1. The van der Waals surface area contributed by atoms with Gasteiger partial charge in [-0.3, -0.25) is 19.3 Å². The molecule has 3 rings (SSSR count). The molecule has 2 amide bonds. The molecular formula is C22H32N4O4S. The highest BCUT2D eigenvalue weighted by molar-refractivity contribution is 7.90. The van der Waals surface area contributed by atoms with Crippen LogP contribution in [0.3, 0.4) is 0 Å². The van der Waals surface area contributed by atoms with Crippen molar-refractivity contribution < 1.29 is 18.0 Å². The number of fused-ring (bicyclic) bond motifs is 1. The highest BCUT2D eigenvalue weighted by Crippen LogP contribution is 2.22. The van der Waals surface area contributed by atoms with Gasteiger partial charge in [-0.15, -0.1) is 0 Å². The number of unbranched alkanes of at least 4 members (excludes halogenated alkanes) is 3. The largest absolute Gasteiger partial charge is 0.356 e. The van der Waals surface area contributed by atoms with Crippen molar-refractivity contribution >= 4 is 27.7 Å². The standard InChI is InChI=1S/C22H32N4O4S/c1-2-3-4-7-13-24-22(28)17-9-8-15-26(16-17)20(27)12-14-23-21-18-10-5-6-11-19(18)31(29,30)25-21/h5-6,10-11,17H,2-4,7-9,12-16H2,1H3,(H,23,25)(H,24,28). The van der Waals surface area contributed by atoms with Gasteiger partial charge in [0.15, 0.2) is 0 Å². The van der Waals surface area contributed by atoms with E-state index in [1.807, 2.05) is 0 Å². The van der Waals surface area contributed by atoms with E-state index in [9.17, 15) is 18.0 Å². The van der Waals surface area contributed by atoms with E-state index < -0.39 is 10.0 Å². The molecule has 1 aromatic carbocycles. The zero-order valence-electron chi connectivity index (χ0n) is 18.1. The van der Waals surface area contributed by atoms with Gasteiger partial charge in [0, 0.05) is 31.6 Å². The number of hydrogen-bond acceptors (Lipinski definition) is 5. The van der Waals surface area contributed by atoms with Crippen LogP contribution in [0.2, 0.25) is 0 Å². The average molecular weight is 449 g/mol. The second-order valence-electron chi connectivity index (χ2n) is 8.11. The first-order chi connectivity index (χ1) is 14.9. The first kappa shape index (κ1) is 23.2. The van der Waals surface area contributed by atoms with E-state index in [0.29, 0.717) is 25.2 Å². The van der Waals surface area contributed by atoms with E-state index >= 15 is 0 Å². The smallest absolute Gasteiger partial charge is 0.263 e. The number of sulfonamides is 1. The van der Waals surface area contributed by atoms with Crippen molar-refractivity contribution in [3.63, 3.8) is 0 Å². The number of likely N-dealkylation sites (tertiary alicyclic amines) is 1. The number of nitrogens with one attached hydrogen (secondary N) is 2. The second-order valence-corrected chi connectivity index (χ2v) is 9.76. The van der Waals surface area contributed by atoms with Gasteiger partial charge in [0.05, 0.1) is 17.4 Å². The van der Waals surface area contributed by atoms with Crippen LogP contribution in [-0.4, -0.2) is 57.1 Å². The van der Waals surface area contributed by atoms with Crippen LogP contribution in [0.5, 0.6) is 0 Å². The number of aliphatic imine (C=N–C) groups is 1. The van der Waals surface area contributed by atoms with Crippen molar-refractivity contribution in [3.05, 3.63) is 29.8 Å². The number of carbonyl (C=O) groups excluding carboxylic acids is 2. The van der Waals surface area contributed by atoms with Gasteiger partial charge in [-0.25, -0.2) is 8.42 Å². The van der Waals surface area contributed by atoms with Crippen LogP contribution in [-0.2, 0) is 19.6 Å². The third kappa shape index (κ3) is 6.06. The summed E-state index contributed by atoms with van der Waals surface area (Å²) in [6, 6.07) is 6.65. The van der Waals surface area contributed by atoms with Crippen molar-refractivity contribution in [1.82, 2.24) is 14.9 Å². The van der Waals surface area contributed by atoms with Crippen LogP contribution in [0.25, 0.3) is 0 Å². The maximum Gasteiger partial charge on any atom is 0.263 e. The van der Waals surface area contributed by atoms with Gasteiger partial charge in [-0.2, -0.15) is 0 Å². The van der Waals surface area contributed by atoms with Gasteiger partial charge >= 0.3 is 0 Å². The molecular weight excluding hydrogens is 416 g/mol. The van der Waals surface area contributed by atoms with Crippen LogP contribution >= 0.6 is 0 Å². The molecule has 0 saturated carbocycles. The van der Waals surface area contributed by atoms with E-state index in [1.165, 1.54) is 12.5 Å². The average Bonchev–Trinajstić information content (AvgIpc) is 3.04. The van der Waals surface area contributed by atoms with E-state index in [4.69, 9.17) is 0 Å². The summed E-state index contributed by atoms with van der Waals surface area (Å²) >= 11 is 0. The lowest BCUT2D eigenvalue weighted by atomic mass is 9.96. The molecule has 2 heterocycles. The normalized spacial score (nSPS) is 20.9. The minimum absolute atomic E-state index is 0.0335. The minimum atomic E-state index is -3.58. The predicted octanol–water partition coefficient (Wildman–Crippen LogP) is 2.05. The number of carbonyl (C=O) groups is 2. The van der Waals surface area contributed by atoms with Crippen LogP contribution < -0.4 is 10.0 Å². The lowest BCUT2D eigenvalue weighted by molar-refractivity contribution is -0.135. The third-order valence-corrected chi connectivity index (χ3v) is 7.13. The third-order valence-electron chi connectivity index (χ3n) is 5.73. The number of hydrogen-bond donors (Lipinski definition) is 2. The summed E-state index contributed by atoms with van der Waals surface area (Å²) in [6.45, 7) is 4.12. The molecule has 0 spiro atoms. The fraction of sp³-hybridized carbons (Fsp3) is 0.591. The van der Waals surface area contributed by atoms with Gasteiger partial charge in [-0.05, 0) is 31.4 Å². The van der Waals surface area contributed by atoms with E-state index in [2.05, 4.69) is 22.0 Å². The summed E-state index contributed by atoms with van der Waals surface area (Å²) in [6.07, 6.45) is 6.24. The number of rotatable bonds is 9. The fourth-order valence-electron chi connectivity index (χ4n) is 4.00. The molecule has 0 radical (unpaired) electrons. The topological polar surface area (TPSA) is 108 Å². The van der Waals surface area contributed by atoms with E-state index in [0.717, 1.165) is 32.1 Å². The Bertz CT molecular complexity index is 929. The van der Waals surface area contributed by atoms with Crippen LogP contribution in [0.15, 0.2) is 34.2 Å². The van der Waals surface area contributed by atoms with Gasteiger partial charge in [0.1, 0.15) is 5.84 Å². The summed E-state index contributed by atoms with van der Waals surface area (Å²) in [5.74, 6) is 0.0937. The molecule has 2 aliphatic rings. The maximum absolute atomic E-state index is 12.6. The maximum atomic E-state index is 12.6. The first-order valence-corrected chi connectivity index (χ1v) is 12.6. The van der Waals surface area contributed by atoms with Gasteiger partial charge in [0.25, 0.3) is 10.0 Å². The highest BCUT2D eigenvalue weighted by atomic mass is 32.2. The van der Waals surface area contributed by atoms with Gasteiger partial charge < -0.3 is 10.2 Å². The summed E-state index contributed by atoms with van der Waals surface area (Å²) in [7, 11) is -3.58. The molecule has 0 bridgehead atoms. The van der Waals surface area contributed by atoms with Crippen LogP contribution in [0.4, 0.5) is 0 Å². The van der Waals surface area contributed by atoms with Crippen molar-refractivity contribution in [1.29, 1.82) is 0 Å². The molecule has 2 N–H and O–H groups in total. The molecule has 2 aliphatic heterocycles. The first-order valence-electron chi connectivity index (χ1n) is 11.1. The van der Waals surface area contributed by atoms with Crippen molar-refractivity contribution in [2.75, 3.05) is 26.2 Å². The SMILES string of the molecule is CCCCCCNC(=O)C1CCCN(C(=O)CCN=C2NS(=O)(=O)c3ccccc32)C1. The zero-order chi connectivity index (χ0) is 22.3. The second kappa shape index (κ2) is 10.7. The van der Waals surface area contributed by atoms with Crippen molar-refractivity contribution in [3.8, 4) is 0 Å². The zero-order valence-corrected chi connectivity index (χ0v) is 18.9. The summed E-state index contributed by atoms with van der Waals surface area (Å²) < 4.78 is 26.7. The Balaban J connectivity index is 1.48. The van der Waals surface area contributed by atoms with Crippen molar-refractivity contribution in [2.45, 2.75) is 56.8 Å². The lowest BCUT2D eigenvalue weighted by Crippen LogP contribution is -2.45. The molecule has 0 aliphatic carbocycles. The Hall–Kier alpha value is -2.42.